The fourth-order valence-corrected chi connectivity index (χ4v) is 1.43. The molecular formula is C12H14N4O3. The molecule has 1 amide bonds. The third kappa shape index (κ3) is 3.01. The highest BCUT2D eigenvalue weighted by Crippen LogP contribution is 2.18. The van der Waals surface area contributed by atoms with E-state index in [1.54, 1.807) is 19.1 Å². The van der Waals surface area contributed by atoms with E-state index in [2.05, 4.69) is 20.5 Å². The Labute approximate surface area is 109 Å². The topological polar surface area (TPSA) is 100 Å². The minimum atomic E-state index is -0.394. The molecule has 7 nitrogen and oxygen atoms in total. The fraction of sp³-hybridized carbons (Fsp3) is 0.250. The molecule has 0 saturated carbocycles. The molecule has 0 bridgehead atoms. The normalized spacial score (nSPS) is 10.2. The summed E-state index contributed by atoms with van der Waals surface area (Å²) in [5, 5.41) is 18.4. The van der Waals surface area contributed by atoms with Gasteiger partial charge in [-0.1, -0.05) is 6.07 Å². The van der Waals surface area contributed by atoms with E-state index in [1.165, 1.54) is 6.07 Å². The molecule has 2 rings (SSSR count). The Morgan fingerprint density at radius 2 is 2.32 bits per heavy atom. The van der Waals surface area contributed by atoms with Crippen LogP contribution in [0.15, 0.2) is 18.2 Å². The highest BCUT2D eigenvalue weighted by molar-refractivity contribution is 6.03. The number of benzene rings is 1. The monoisotopic (exact) mass is 262 g/mol. The SMILES string of the molecule is CCOc1n[nH]c(NC(=O)c2ccc(C)c(O)c2)n1. The Balaban J connectivity index is 2.09. The van der Waals surface area contributed by atoms with Gasteiger partial charge in [0.2, 0.25) is 5.95 Å². The second-order valence-corrected chi connectivity index (χ2v) is 3.85. The van der Waals surface area contributed by atoms with Crippen LogP contribution < -0.4 is 10.1 Å². The number of ether oxygens (including phenoxy) is 1. The van der Waals surface area contributed by atoms with Crippen molar-refractivity contribution in [2.75, 3.05) is 11.9 Å². The molecule has 100 valence electrons. The Morgan fingerprint density at radius 3 is 3.00 bits per heavy atom. The van der Waals surface area contributed by atoms with Crippen molar-refractivity contribution in [3.05, 3.63) is 29.3 Å². The molecule has 0 spiro atoms. The molecule has 19 heavy (non-hydrogen) atoms. The zero-order chi connectivity index (χ0) is 13.8. The van der Waals surface area contributed by atoms with Gasteiger partial charge in [-0.3, -0.25) is 10.1 Å². The third-order valence-electron chi connectivity index (χ3n) is 2.44. The number of aromatic nitrogens is 3. The first-order valence-electron chi connectivity index (χ1n) is 5.76. The van der Waals surface area contributed by atoms with Crippen LogP contribution in [0, 0.1) is 6.92 Å². The van der Waals surface area contributed by atoms with Gasteiger partial charge in [-0.25, -0.2) is 5.10 Å². The second-order valence-electron chi connectivity index (χ2n) is 3.85. The largest absolute Gasteiger partial charge is 0.508 e. The number of aromatic hydroxyl groups is 1. The highest BCUT2D eigenvalue weighted by Gasteiger charge is 2.11. The van der Waals surface area contributed by atoms with Crippen LogP contribution in [-0.2, 0) is 0 Å². The number of amides is 1. The lowest BCUT2D eigenvalue weighted by molar-refractivity contribution is 0.102. The smallest absolute Gasteiger partial charge is 0.337 e. The zero-order valence-corrected chi connectivity index (χ0v) is 10.6. The molecule has 0 unspecified atom stereocenters. The number of anilines is 1. The first-order valence-corrected chi connectivity index (χ1v) is 5.76. The second kappa shape index (κ2) is 5.38. The number of H-pyrrole nitrogens is 1. The van der Waals surface area contributed by atoms with Gasteiger partial charge in [0.1, 0.15) is 5.75 Å². The average molecular weight is 262 g/mol. The number of aryl methyl sites for hydroxylation is 1. The molecule has 0 aliphatic heterocycles. The van der Waals surface area contributed by atoms with Crippen molar-refractivity contribution in [1.29, 1.82) is 0 Å². The lowest BCUT2D eigenvalue weighted by Crippen LogP contribution is -2.13. The lowest BCUT2D eigenvalue weighted by Gasteiger charge is -2.03. The number of aromatic amines is 1. The molecule has 1 aromatic carbocycles. The van der Waals surface area contributed by atoms with E-state index in [0.29, 0.717) is 17.7 Å². The van der Waals surface area contributed by atoms with Crippen molar-refractivity contribution in [2.24, 2.45) is 0 Å². The number of rotatable bonds is 4. The van der Waals surface area contributed by atoms with Gasteiger partial charge in [0, 0.05) is 5.56 Å². The molecule has 1 heterocycles. The number of phenolic OH excluding ortho intramolecular Hbond substituents is 1. The Morgan fingerprint density at radius 1 is 1.53 bits per heavy atom. The predicted octanol–water partition coefficient (Wildman–Crippen LogP) is 1.47. The molecule has 2 aromatic rings. The molecule has 3 N–H and O–H groups in total. The van der Waals surface area contributed by atoms with Gasteiger partial charge in [0.25, 0.3) is 5.91 Å². The molecule has 0 aliphatic carbocycles. The average Bonchev–Trinajstić information content (AvgIpc) is 2.80. The van der Waals surface area contributed by atoms with E-state index < -0.39 is 5.91 Å². The van der Waals surface area contributed by atoms with Crippen molar-refractivity contribution in [3.8, 4) is 11.8 Å². The van der Waals surface area contributed by atoms with Gasteiger partial charge < -0.3 is 9.84 Å². The van der Waals surface area contributed by atoms with Gasteiger partial charge in [0.05, 0.1) is 6.61 Å². The van der Waals surface area contributed by atoms with Crippen LogP contribution in [0.5, 0.6) is 11.8 Å². The summed E-state index contributed by atoms with van der Waals surface area (Å²) < 4.78 is 5.06. The molecular weight excluding hydrogens is 248 g/mol. The van der Waals surface area contributed by atoms with Crippen LogP contribution in [0.2, 0.25) is 0 Å². The van der Waals surface area contributed by atoms with Crippen molar-refractivity contribution in [1.82, 2.24) is 15.2 Å². The summed E-state index contributed by atoms with van der Waals surface area (Å²) in [5.74, 6) is -0.136. The summed E-state index contributed by atoms with van der Waals surface area (Å²) in [4.78, 5) is 15.8. The van der Waals surface area contributed by atoms with Crippen LogP contribution >= 0.6 is 0 Å². The van der Waals surface area contributed by atoms with Crippen LogP contribution in [-0.4, -0.2) is 32.8 Å². The van der Waals surface area contributed by atoms with Gasteiger partial charge in [-0.05, 0) is 31.5 Å². The number of nitrogens with one attached hydrogen (secondary N) is 2. The molecule has 1 aromatic heterocycles. The lowest BCUT2D eigenvalue weighted by atomic mass is 10.1. The summed E-state index contributed by atoms with van der Waals surface area (Å²) in [5.41, 5.74) is 1.03. The van der Waals surface area contributed by atoms with Gasteiger partial charge in [-0.15, -0.1) is 5.10 Å². The zero-order valence-electron chi connectivity index (χ0n) is 10.6. The maximum Gasteiger partial charge on any atom is 0.337 e. The molecule has 0 saturated heterocycles. The van der Waals surface area contributed by atoms with E-state index >= 15 is 0 Å². The van der Waals surface area contributed by atoms with E-state index in [4.69, 9.17) is 4.74 Å². The predicted molar refractivity (Wildman–Crippen MR) is 68.3 cm³/mol. The Hall–Kier alpha value is -2.57. The fourth-order valence-electron chi connectivity index (χ4n) is 1.43. The first kappa shape index (κ1) is 12.9. The minimum Gasteiger partial charge on any atom is -0.508 e. The van der Waals surface area contributed by atoms with Crippen LogP contribution in [0.4, 0.5) is 5.95 Å². The minimum absolute atomic E-state index is 0.0697. The number of hydrogen-bond acceptors (Lipinski definition) is 5. The summed E-state index contributed by atoms with van der Waals surface area (Å²) in [6, 6.07) is 4.84. The van der Waals surface area contributed by atoms with E-state index in [1.807, 2.05) is 6.92 Å². The van der Waals surface area contributed by atoms with Gasteiger partial charge in [-0.2, -0.15) is 4.98 Å². The quantitative estimate of drug-likeness (QED) is 0.774. The molecule has 7 heteroatoms. The van der Waals surface area contributed by atoms with Crippen LogP contribution in [0.25, 0.3) is 0 Å². The van der Waals surface area contributed by atoms with Crippen molar-refractivity contribution >= 4 is 11.9 Å². The standard InChI is InChI=1S/C12H14N4O3/c1-3-19-12-14-11(15-16-12)13-10(18)8-5-4-7(2)9(17)6-8/h4-6,17H,3H2,1-2H3,(H2,13,14,15,16,18). The Bertz CT molecular complexity index is 594. The molecule has 0 aliphatic rings. The van der Waals surface area contributed by atoms with E-state index in [-0.39, 0.29) is 17.7 Å². The van der Waals surface area contributed by atoms with Crippen molar-refractivity contribution in [2.45, 2.75) is 13.8 Å². The Kier molecular flexibility index (Phi) is 3.65. The summed E-state index contributed by atoms with van der Waals surface area (Å²) in [6.07, 6.45) is 0. The number of carbonyl (C=O) groups excluding carboxylic acids is 1. The number of nitrogens with zero attached hydrogens (tertiary/aromatic N) is 2. The van der Waals surface area contributed by atoms with Crippen LogP contribution in [0.3, 0.4) is 0 Å². The van der Waals surface area contributed by atoms with Crippen LogP contribution in [0.1, 0.15) is 22.8 Å². The number of phenols is 1. The number of hydrogen-bond donors (Lipinski definition) is 3. The van der Waals surface area contributed by atoms with Gasteiger partial charge >= 0.3 is 6.01 Å². The molecule has 0 fully saturated rings. The number of carbonyl (C=O) groups is 1. The molecule has 0 atom stereocenters. The van der Waals surface area contributed by atoms with Gasteiger partial charge in [0.15, 0.2) is 0 Å². The van der Waals surface area contributed by atoms with Crippen molar-refractivity contribution < 1.29 is 14.6 Å². The maximum atomic E-state index is 11.9. The first-order chi connectivity index (χ1) is 9.10. The third-order valence-corrected chi connectivity index (χ3v) is 2.44. The molecule has 0 radical (unpaired) electrons. The summed E-state index contributed by atoms with van der Waals surface area (Å²) in [7, 11) is 0. The van der Waals surface area contributed by atoms with E-state index in [0.717, 1.165) is 0 Å². The summed E-state index contributed by atoms with van der Waals surface area (Å²) in [6.45, 7) is 4.00. The maximum absolute atomic E-state index is 11.9. The van der Waals surface area contributed by atoms with Crippen molar-refractivity contribution in [3.63, 3.8) is 0 Å². The van der Waals surface area contributed by atoms with E-state index in [9.17, 15) is 9.90 Å². The highest BCUT2D eigenvalue weighted by atomic mass is 16.5. The summed E-state index contributed by atoms with van der Waals surface area (Å²) >= 11 is 0.